The van der Waals surface area contributed by atoms with Crippen LogP contribution in [-0.4, -0.2) is 11.0 Å². The monoisotopic (exact) mass is 417 g/mol. The Hall–Kier alpha value is -2.92. The van der Waals surface area contributed by atoms with Crippen LogP contribution in [0, 0.1) is 11.6 Å². The van der Waals surface area contributed by atoms with Gasteiger partial charge in [-0.15, -0.1) is 0 Å². The van der Waals surface area contributed by atoms with E-state index in [1.807, 2.05) is 6.92 Å². The van der Waals surface area contributed by atoms with Crippen molar-refractivity contribution in [2.75, 3.05) is 0 Å². The molecule has 0 fully saturated rings. The Bertz CT molecular complexity index is 992. The van der Waals surface area contributed by atoms with Crippen LogP contribution in [0.25, 0.3) is 5.57 Å². The zero-order valence-electron chi connectivity index (χ0n) is 16.2. The fraction of sp³-hybridized carbons (Fsp3) is 0.174. The van der Waals surface area contributed by atoms with Crippen molar-refractivity contribution >= 4 is 23.1 Å². The summed E-state index contributed by atoms with van der Waals surface area (Å²) in [4.78, 5) is 12.1. The lowest BCUT2D eigenvalue weighted by molar-refractivity contribution is -0.118. The first-order chi connectivity index (χ1) is 13.6. The summed E-state index contributed by atoms with van der Waals surface area (Å²) in [7, 11) is 0. The molecule has 0 aliphatic rings. The Morgan fingerprint density at radius 2 is 1.97 bits per heavy atom. The summed E-state index contributed by atoms with van der Waals surface area (Å²) in [6.45, 7) is 7.44. The van der Waals surface area contributed by atoms with Crippen LogP contribution in [0.15, 0.2) is 66.3 Å². The van der Waals surface area contributed by atoms with Gasteiger partial charge in [0, 0.05) is 22.2 Å². The number of hydrogen-bond donors (Lipinski definition) is 2. The molecule has 0 saturated carbocycles. The molecule has 0 bridgehead atoms. The zero-order chi connectivity index (χ0) is 21.7. The van der Waals surface area contributed by atoms with Gasteiger partial charge in [-0.05, 0) is 48.8 Å². The van der Waals surface area contributed by atoms with E-state index < -0.39 is 23.5 Å². The molecule has 0 aliphatic carbocycles. The SMILES string of the molecule is C=C(/C=C(\C=C(/C)C(C(N)=O)c1c(O)cccc1Cl)CC)c1ccc(F)cc1F. The average Bonchev–Trinajstić information content (AvgIpc) is 2.63. The minimum Gasteiger partial charge on any atom is -0.508 e. The molecule has 0 radical (unpaired) electrons. The van der Waals surface area contributed by atoms with Crippen LogP contribution in [0.4, 0.5) is 8.78 Å². The number of amides is 1. The largest absolute Gasteiger partial charge is 0.508 e. The van der Waals surface area contributed by atoms with E-state index in [1.165, 1.54) is 12.1 Å². The predicted molar refractivity (Wildman–Crippen MR) is 113 cm³/mol. The summed E-state index contributed by atoms with van der Waals surface area (Å²) in [5, 5.41) is 10.4. The maximum Gasteiger partial charge on any atom is 0.229 e. The number of benzene rings is 2. The summed E-state index contributed by atoms with van der Waals surface area (Å²) in [6, 6.07) is 7.84. The van der Waals surface area contributed by atoms with E-state index in [4.69, 9.17) is 17.3 Å². The number of aromatic hydroxyl groups is 1. The summed E-state index contributed by atoms with van der Waals surface area (Å²) in [5.41, 5.74) is 7.65. The highest BCUT2D eigenvalue weighted by Gasteiger charge is 2.25. The number of rotatable bonds is 7. The first kappa shape index (κ1) is 22.4. The number of carbonyl (C=O) groups excluding carboxylic acids is 1. The average molecular weight is 418 g/mol. The molecular weight excluding hydrogens is 396 g/mol. The van der Waals surface area contributed by atoms with Gasteiger partial charge in [-0.25, -0.2) is 8.78 Å². The van der Waals surface area contributed by atoms with Crippen LogP contribution in [0.5, 0.6) is 5.75 Å². The molecule has 1 amide bonds. The molecule has 1 atom stereocenters. The summed E-state index contributed by atoms with van der Waals surface area (Å²) < 4.78 is 27.1. The van der Waals surface area contributed by atoms with E-state index in [-0.39, 0.29) is 21.9 Å². The molecule has 2 aromatic rings. The molecule has 0 spiro atoms. The van der Waals surface area contributed by atoms with Gasteiger partial charge in [0.25, 0.3) is 0 Å². The van der Waals surface area contributed by atoms with E-state index in [2.05, 4.69) is 6.58 Å². The highest BCUT2D eigenvalue weighted by atomic mass is 35.5. The molecule has 2 rings (SSSR count). The van der Waals surface area contributed by atoms with E-state index >= 15 is 0 Å². The van der Waals surface area contributed by atoms with Crippen LogP contribution in [0.2, 0.25) is 5.02 Å². The summed E-state index contributed by atoms with van der Waals surface area (Å²) in [5.74, 6) is -3.11. The van der Waals surface area contributed by atoms with Crippen molar-refractivity contribution in [3.63, 3.8) is 0 Å². The number of phenols is 1. The van der Waals surface area contributed by atoms with Gasteiger partial charge in [0.15, 0.2) is 0 Å². The van der Waals surface area contributed by atoms with Gasteiger partial charge in [0.2, 0.25) is 5.91 Å². The maximum absolute atomic E-state index is 14.0. The molecule has 2 aromatic carbocycles. The second kappa shape index (κ2) is 9.52. The third-order valence-electron chi connectivity index (χ3n) is 4.52. The lowest BCUT2D eigenvalue weighted by Crippen LogP contribution is -2.23. The molecule has 1 unspecified atom stereocenters. The molecule has 3 nitrogen and oxygen atoms in total. The Morgan fingerprint density at radius 3 is 2.52 bits per heavy atom. The van der Waals surface area contributed by atoms with Gasteiger partial charge in [-0.2, -0.15) is 0 Å². The van der Waals surface area contributed by atoms with E-state index in [1.54, 1.807) is 31.2 Å². The third kappa shape index (κ3) is 5.33. The number of primary amides is 1. The second-order valence-corrected chi connectivity index (χ2v) is 7.03. The smallest absolute Gasteiger partial charge is 0.229 e. The number of allylic oxidation sites excluding steroid dienone is 4. The van der Waals surface area contributed by atoms with Crippen molar-refractivity contribution in [2.24, 2.45) is 5.73 Å². The number of halogens is 3. The molecule has 3 N–H and O–H groups in total. The highest BCUT2D eigenvalue weighted by molar-refractivity contribution is 6.32. The number of carbonyl (C=O) groups is 1. The van der Waals surface area contributed by atoms with Crippen LogP contribution >= 0.6 is 11.6 Å². The maximum atomic E-state index is 14.0. The van der Waals surface area contributed by atoms with Crippen LogP contribution < -0.4 is 5.73 Å². The Balaban J connectivity index is 2.45. The lowest BCUT2D eigenvalue weighted by Gasteiger charge is -2.18. The fourth-order valence-electron chi connectivity index (χ4n) is 3.08. The fourth-order valence-corrected chi connectivity index (χ4v) is 3.36. The molecular formula is C23H22ClF2NO2. The topological polar surface area (TPSA) is 63.3 Å². The van der Waals surface area contributed by atoms with Crippen molar-refractivity contribution in [1.82, 2.24) is 0 Å². The molecule has 0 saturated heterocycles. The van der Waals surface area contributed by atoms with Crippen LogP contribution in [-0.2, 0) is 4.79 Å². The molecule has 6 heteroatoms. The van der Waals surface area contributed by atoms with E-state index in [0.717, 1.165) is 17.7 Å². The van der Waals surface area contributed by atoms with Gasteiger partial charge < -0.3 is 10.8 Å². The zero-order valence-corrected chi connectivity index (χ0v) is 16.9. The van der Waals surface area contributed by atoms with Crippen LogP contribution in [0.1, 0.15) is 37.3 Å². The van der Waals surface area contributed by atoms with E-state index in [0.29, 0.717) is 17.6 Å². The lowest BCUT2D eigenvalue weighted by atomic mass is 9.88. The minimum atomic E-state index is -0.936. The van der Waals surface area contributed by atoms with Gasteiger partial charge in [-0.3, -0.25) is 4.79 Å². The first-order valence-electron chi connectivity index (χ1n) is 8.95. The Kier molecular flexibility index (Phi) is 7.35. The molecule has 29 heavy (non-hydrogen) atoms. The summed E-state index contributed by atoms with van der Waals surface area (Å²) >= 11 is 6.18. The van der Waals surface area contributed by atoms with E-state index in [9.17, 15) is 18.7 Å². The minimum absolute atomic E-state index is 0.131. The van der Waals surface area contributed by atoms with Crippen molar-refractivity contribution in [3.05, 3.63) is 94.1 Å². The highest BCUT2D eigenvalue weighted by Crippen LogP contribution is 2.37. The van der Waals surface area contributed by atoms with Gasteiger partial charge >= 0.3 is 0 Å². The van der Waals surface area contributed by atoms with Crippen molar-refractivity contribution in [3.8, 4) is 5.75 Å². The van der Waals surface area contributed by atoms with Gasteiger partial charge in [-0.1, -0.05) is 48.9 Å². The summed E-state index contributed by atoms with van der Waals surface area (Å²) in [6.07, 6.45) is 3.94. The number of hydrogen-bond acceptors (Lipinski definition) is 2. The molecule has 0 heterocycles. The van der Waals surface area contributed by atoms with Crippen molar-refractivity contribution < 1.29 is 18.7 Å². The number of nitrogens with two attached hydrogens (primary N) is 1. The predicted octanol–water partition coefficient (Wildman–Crippen LogP) is 5.89. The standard InChI is InChI=1S/C23H22ClF2NO2/c1-4-15(10-13(2)17-9-8-16(25)12-19(17)26)11-14(3)21(23(27)29)22-18(24)6-5-7-20(22)28/h5-12,21,28H,2,4H2,1,3H3,(H2,27,29)/b14-11+,15-10-. The third-order valence-corrected chi connectivity index (χ3v) is 4.85. The first-order valence-corrected chi connectivity index (χ1v) is 9.33. The van der Waals surface area contributed by atoms with Crippen molar-refractivity contribution in [2.45, 2.75) is 26.2 Å². The molecule has 0 aromatic heterocycles. The Labute approximate surface area is 173 Å². The normalized spacial score (nSPS) is 13.3. The second-order valence-electron chi connectivity index (χ2n) is 6.62. The van der Waals surface area contributed by atoms with Gasteiger partial charge in [0.05, 0.1) is 5.92 Å². The van der Waals surface area contributed by atoms with Crippen LogP contribution in [0.3, 0.4) is 0 Å². The number of phenolic OH excluding ortho intramolecular Hbond substituents is 1. The quantitative estimate of drug-likeness (QED) is 0.552. The molecule has 152 valence electrons. The van der Waals surface area contributed by atoms with Crippen molar-refractivity contribution in [1.29, 1.82) is 0 Å². The van der Waals surface area contributed by atoms with Gasteiger partial charge in [0.1, 0.15) is 17.4 Å². The Morgan fingerprint density at radius 1 is 1.28 bits per heavy atom. The molecule has 0 aliphatic heterocycles.